The van der Waals surface area contributed by atoms with E-state index in [9.17, 15) is 4.79 Å². The molecule has 1 fully saturated rings. The smallest absolute Gasteiger partial charge is 0.237 e. The highest BCUT2D eigenvalue weighted by atomic mass is 16.5. The topological polar surface area (TPSA) is 51.2 Å². The summed E-state index contributed by atoms with van der Waals surface area (Å²) in [6, 6.07) is 7.51. The van der Waals surface area contributed by atoms with Crippen molar-refractivity contribution in [3.05, 3.63) is 24.3 Å². The second kappa shape index (κ2) is 8.00. The predicted molar refractivity (Wildman–Crippen MR) is 83.4 cm³/mol. The molecule has 1 aliphatic heterocycles. The van der Waals surface area contributed by atoms with Crippen molar-refractivity contribution >= 4 is 5.91 Å². The van der Waals surface area contributed by atoms with Gasteiger partial charge in [-0.1, -0.05) is 6.07 Å². The van der Waals surface area contributed by atoms with E-state index in [1.54, 1.807) is 14.2 Å². The number of amides is 1. The normalized spacial score (nSPS) is 14.8. The van der Waals surface area contributed by atoms with Gasteiger partial charge >= 0.3 is 0 Å². The zero-order valence-electron chi connectivity index (χ0n) is 13.4. The number of hydrogen-bond donors (Lipinski definition) is 0. The Kier molecular flexibility index (Phi) is 6.03. The second-order valence-corrected chi connectivity index (χ2v) is 5.45. The molecule has 0 spiro atoms. The fraction of sp³-hybridized carbons (Fsp3) is 0.562. The van der Waals surface area contributed by atoms with Crippen molar-refractivity contribution < 1.29 is 19.0 Å². The van der Waals surface area contributed by atoms with Crippen LogP contribution in [0.3, 0.4) is 0 Å². The first-order valence-electron chi connectivity index (χ1n) is 7.38. The number of nitrogens with zero attached hydrogens (tertiary/aromatic N) is 2. The molecule has 0 N–H and O–H groups in total. The van der Waals surface area contributed by atoms with Gasteiger partial charge in [0.05, 0.1) is 33.4 Å². The third-order valence-corrected chi connectivity index (χ3v) is 3.63. The molecule has 0 aliphatic carbocycles. The average Bonchev–Trinajstić information content (AvgIpc) is 2.48. The SMILES string of the molecule is COCCN(C)CC(=O)N1CC(Oc2cccc(OC)c2)C1. The van der Waals surface area contributed by atoms with Crippen LogP contribution in [0.5, 0.6) is 11.5 Å². The number of likely N-dealkylation sites (tertiary alicyclic amines) is 1. The Morgan fingerprint density at radius 1 is 1.32 bits per heavy atom. The quantitative estimate of drug-likeness (QED) is 0.713. The molecular weight excluding hydrogens is 284 g/mol. The fourth-order valence-electron chi connectivity index (χ4n) is 2.24. The molecule has 2 rings (SSSR count). The maximum Gasteiger partial charge on any atom is 0.237 e. The van der Waals surface area contributed by atoms with Crippen LogP contribution in [-0.4, -0.2) is 75.9 Å². The zero-order chi connectivity index (χ0) is 15.9. The van der Waals surface area contributed by atoms with Crippen LogP contribution in [0.15, 0.2) is 24.3 Å². The van der Waals surface area contributed by atoms with Gasteiger partial charge in [0.1, 0.15) is 17.6 Å². The summed E-state index contributed by atoms with van der Waals surface area (Å²) in [5, 5.41) is 0. The number of rotatable bonds is 8. The Balaban J connectivity index is 1.71. The van der Waals surface area contributed by atoms with Gasteiger partial charge in [-0.3, -0.25) is 9.69 Å². The van der Waals surface area contributed by atoms with Gasteiger partial charge in [-0.05, 0) is 19.2 Å². The molecule has 0 unspecified atom stereocenters. The number of ether oxygens (including phenoxy) is 3. The van der Waals surface area contributed by atoms with Gasteiger partial charge in [0, 0.05) is 19.7 Å². The van der Waals surface area contributed by atoms with Gasteiger partial charge < -0.3 is 19.1 Å². The van der Waals surface area contributed by atoms with Crippen LogP contribution in [0.4, 0.5) is 0 Å². The molecule has 0 saturated carbocycles. The van der Waals surface area contributed by atoms with Crippen LogP contribution in [0.25, 0.3) is 0 Å². The predicted octanol–water partition coefficient (Wildman–Crippen LogP) is 0.863. The molecule has 1 saturated heterocycles. The number of likely N-dealkylation sites (N-methyl/N-ethyl adjacent to an activating group) is 1. The highest BCUT2D eigenvalue weighted by molar-refractivity contribution is 5.79. The summed E-state index contributed by atoms with van der Waals surface area (Å²) in [6.07, 6.45) is 0.0559. The summed E-state index contributed by atoms with van der Waals surface area (Å²) in [4.78, 5) is 15.8. The summed E-state index contributed by atoms with van der Waals surface area (Å²) in [5.41, 5.74) is 0. The van der Waals surface area contributed by atoms with Crippen molar-refractivity contribution in [2.45, 2.75) is 6.10 Å². The molecule has 0 bridgehead atoms. The van der Waals surface area contributed by atoms with Crippen LogP contribution in [0, 0.1) is 0 Å². The van der Waals surface area contributed by atoms with Crippen LogP contribution in [-0.2, 0) is 9.53 Å². The van der Waals surface area contributed by atoms with Crippen LogP contribution < -0.4 is 9.47 Å². The van der Waals surface area contributed by atoms with Gasteiger partial charge in [0.2, 0.25) is 5.91 Å². The Hall–Kier alpha value is -1.79. The maximum absolute atomic E-state index is 12.1. The highest BCUT2D eigenvalue weighted by Gasteiger charge is 2.32. The molecular formula is C16H24N2O4. The Bertz CT molecular complexity index is 489. The molecule has 1 aromatic rings. The summed E-state index contributed by atoms with van der Waals surface area (Å²) in [6.45, 7) is 3.06. The fourth-order valence-corrected chi connectivity index (χ4v) is 2.24. The number of carbonyl (C=O) groups excluding carboxylic acids is 1. The van der Waals surface area contributed by atoms with Crippen LogP contribution >= 0.6 is 0 Å². The Morgan fingerprint density at radius 2 is 2.05 bits per heavy atom. The van der Waals surface area contributed by atoms with E-state index in [4.69, 9.17) is 14.2 Å². The highest BCUT2D eigenvalue weighted by Crippen LogP contribution is 2.22. The van der Waals surface area contributed by atoms with E-state index in [0.29, 0.717) is 26.2 Å². The lowest BCUT2D eigenvalue weighted by Gasteiger charge is -2.39. The summed E-state index contributed by atoms with van der Waals surface area (Å²) >= 11 is 0. The molecule has 0 aromatic heterocycles. The molecule has 122 valence electrons. The lowest BCUT2D eigenvalue weighted by molar-refractivity contribution is -0.141. The van der Waals surface area contributed by atoms with Crippen molar-refractivity contribution in [1.82, 2.24) is 9.80 Å². The molecule has 1 amide bonds. The number of carbonyl (C=O) groups is 1. The largest absolute Gasteiger partial charge is 0.497 e. The van der Waals surface area contributed by atoms with Gasteiger partial charge in [-0.2, -0.15) is 0 Å². The minimum Gasteiger partial charge on any atom is -0.497 e. The number of methoxy groups -OCH3 is 2. The summed E-state index contributed by atoms with van der Waals surface area (Å²) in [7, 11) is 5.20. The standard InChI is InChI=1S/C16H24N2O4/c1-17(7-8-20-2)12-16(19)18-10-15(11-18)22-14-6-4-5-13(9-14)21-3/h4-6,9,15H,7-8,10-12H2,1-3H3. The maximum atomic E-state index is 12.1. The van der Waals surface area contributed by atoms with Gasteiger partial charge in [-0.15, -0.1) is 0 Å². The first kappa shape index (κ1) is 16.6. The monoisotopic (exact) mass is 308 g/mol. The minimum absolute atomic E-state index is 0.0559. The van der Waals surface area contributed by atoms with E-state index in [2.05, 4.69) is 0 Å². The number of benzene rings is 1. The van der Waals surface area contributed by atoms with E-state index in [1.807, 2.05) is 41.1 Å². The van der Waals surface area contributed by atoms with Crippen molar-refractivity contribution in [1.29, 1.82) is 0 Å². The van der Waals surface area contributed by atoms with E-state index >= 15 is 0 Å². The second-order valence-electron chi connectivity index (χ2n) is 5.45. The van der Waals surface area contributed by atoms with Gasteiger partial charge in [-0.25, -0.2) is 0 Å². The molecule has 0 atom stereocenters. The van der Waals surface area contributed by atoms with Crippen LogP contribution in [0.1, 0.15) is 0 Å². The average molecular weight is 308 g/mol. The van der Waals surface area contributed by atoms with E-state index < -0.39 is 0 Å². The molecule has 1 heterocycles. The summed E-state index contributed by atoms with van der Waals surface area (Å²) in [5.74, 6) is 1.67. The molecule has 6 heteroatoms. The third-order valence-electron chi connectivity index (χ3n) is 3.63. The lowest BCUT2D eigenvalue weighted by Crippen LogP contribution is -2.58. The molecule has 0 radical (unpaired) electrons. The third kappa shape index (κ3) is 4.61. The van der Waals surface area contributed by atoms with Crippen molar-refractivity contribution in [2.75, 3.05) is 54.1 Å². The molecule has 22 heavy (non-hydrogen) atoms. The molecule has 1 aromatic carbocycles. The van der Waals surface area contributed by atoms with Gasteiger partial charge in [0.15, 0.2) is 0 Å². The first-order chi connectivity index (χ1) is 10.6. The van der Waals surface area contributed by atoms with E-state index in [-0.39, 0.29) is 12.0 Å². The van der Waals surface area contributed by atoms with E-state index in [1.165, 1.54) is 0 Å². The van der Waals surface area contributed by atoms with Gasteiger partial charge in [0.25, 0.3) is 0 Å². The molecule has 1 aliphatic rings. The van der Waals surface area contributed by atoms with E-state index in [0.717, 1.165) is 18.0 Å². The first-order valence-corrected chi connectivity index (χ1v) is 7.38. The zero-order valence-corrected chi connectivity index (χ0v) is 13.4. The van der Waals surface area contributed by atoms with Crippen molar-refractivity contribution in [2.24, 2.45) is 0 Å². The van der Waals surface area contributed by atoms with Crippen LogP contribution in [0.2, 0.25) is 0 Å². The van der Waals surface area contributed by atoms with Crippen molar-refractivity contribution in [3.63, 3.8) is 0 Å². The Labute approximate surface area is 131 Å². The number of hydrogen-bond acceptors (Lipinski definition) is 5. The van der Waals surface area contributed by atoms with Crippen molar-refractivity contribution in [3.8, 4) is 11.5 Å². The molecule has 6 nitrogen and oxygen atoms in total. The minimum atomic E-state index is 0.0559. The lowest BCUT2D eigenvalue weighted by atomic mass is 10.1. The Morgan fingerprint density at radius 3 is 2.73 bits per heavy atom. The summed E-state index contributed by atoms with van der Waals surface area (Å²) < 4.78 is 16.0.